The zero-order valence-corrected chi connectivity index (χ0v) is 54.0. The fraction of sp³-hybridized carbons (Fsp3) is 0.254. The van der Waals surface area contributed by atoms with Crippen LogP contribution in [0.4, 0.5) is 0 Å². The van der Waals surface area contributed by atoms with Gasteiger partial charge in [-0.15, -0.1) is 18.9 Å². The van der Waals surface area contributed by atoms with Crippen LogP contribution in [0.1, 0.15) is 98.0 Å². The van der Waals surface area contributed by atoms with E-state index in [1.807, 2.05) is 105 Å². The maximum Gasteiger partial charge on any atom is 0.134 e. The number of rotatable bonds is 2. The van der Waals surface area contributed by atoms with Gasteiger partial charge in [0.25, 0.3) is 0 Å². The Balaban J connectivity index is 0.000000139. The van der Waals surface area contributed by atoms with Crippen LogP contribution in [0.25, 0.3) is 53.1 Å². The number of aromatic nitrogens is 4. The van der Waals surface area contributed by atoms with Crippen molar-refractivity contribution < 1.29 is 8.94 Å². The van der Waals surface area contributed by atoms with Gasteiger partial charge in [-0.25, -0.2) is 4.68 Å². The topological polar surface area (TPSA) is 69.9 Å². The highest BCUT2D eigenvalue weighted by atomic mass is 32.1. The van der Waals surface area contributed by atoms with Gasteiger partial charge in [0.05, 0.1) is 22.8 Å². The molecule has 7 heterocycles. The van der Waals surface area contributed by atoms with Gasteiger partial charge in [0.15, 0.2) is 0 Å². The van der Waals surface area contributed by atoms with Gasteiger partial charge in [0.2, 0.25) is 0 Å². The molecule has 13 rings (SSSR count). The second-order valence-electron chi connectivity index (χ2n) is 21.5. The monoisotopic (exact) mass is 1150 g/mol. The maximum absolute atomic E-state index is 5.50. The maximum atomic E-state index is 5.50. The van der Waals surface area contributed by atoms with E-state index >= 15 is 0 Å². The molecule has 0 N–H and O–H groups in total. The van der Waals surface area contributed by atoms with Gasteiger partial charge in [-0.05, 0) is 198 Å². The van der Waals surface area contributed by atoms with Crippen molar-refractivity contribution in [3.05, 3.63) is 253 Å². The van der Waals surface area contributed by atoms with E-state index in [9.17, 15) is 0 Å². The molecule has 0 saturated heterocycles. The number of hydrogen-bond acceptors (Lipinski definition) is 7. The number of nitrogens with zero attached hydrogens (tertiary/aromatic N) is 4. The molecule has 0 spiro atoms. The first kappa shape index (κ1) is 61.6. The summed E-state index contributed by atoms with van der Waals surface area (Å²) in [6.07, 6.45) is 3.68. The smallest absolute Gasteiger partial charge is 0.134 e. The summed E-state index contributed by atoms with van der Waals surface area (Å²) in [5.74, 6) is 1.02. The van der Waals surface area contributed by atoms with Crippen LogP contribution < -0.4 is 0 Å². The van der Waals surface area contributed by atoms with Gasteiger partial charge in [0.1, 0.15) is 17.6 Å². The van der Waals surface area contributed by atoms with Crippen molar-refractivity contribution in [2.75, 3.05) is 0 Å². The Morgan fingerprint density at radius 3 is 1.53 bits per heavy atom. The SMILES string of the molecule is Cc1c(C)p(-c2ccccc2)c2ccccc12.Cc1c(C)p(C(C)(C)C)c2ccccc12.Cc1cn(-c2ccccc2)nc1C.Cc1conc1C.Cc1csnc1C.Cc1oc2ccccc2c1C.Cc1sc2ccccc2c1C. The summed E-state index contributed by atoms with van der Waals surface area (Å²) < 4.78 is 17.5. The van der Waals surface area contributed by atoms with Gasteiger partial charge >= 0.3 is 0 Å². The van der Waals surface area contributed by atoms with Crippen LogP contribution in [-0.2, 0) is 5.16 Å². The van der Waals surface area contributed by atoms with Gasteiger partial charge in [-0.2, -0.15) is 9.47 Å². The summed E-state index contributed by atoms with van der Waals surface area (Å²) in [4.78, 5) is 1.44. The lowest BCUT2D eigenvalue weighted by Crippen LogP contribution is -2.00. The van der Waals surface area contributed by atoms with Crippen molar-refractivity contribution in [1.82, 2.24) is 19.3 Å². The number of thiophene rings is 1. The van der Waals surface area contributed by atoms with Crippen LogP contribution in [0.15, 0.2) is 185 Å². The van der Waals surface area contributed by atoms with E-state index in [1.54, 1.807) is 22.0 Å². The summed E-state index contributed by atoms with van der Waals surface area (Å²) in [5, 5.41) is 23.8. The minimum absolute atomic E-state index is 0.123. The molecule has 418 valence electrons. The Labute approximate surface area is 491 Å². The first-order valence-corrected chi connectivity index (χ1v) is 31.9. The van der Waals surface area contributed by atoms with Crippen molar-refractivity contribution in [2.24, 2.45) is 0 Å². The number of hydrogen-bond donors (Lipinski definition) is 0. The van der Waals surface area contributed by atoms with E-state index in [0.29, 0.717) is 5.16 Å². The minimum atomic E-state index is -0.277. The number of fused-ring (bicyclic) bond motifs is 4. The highest BCUT2D eigenvalue weighted by Crippen LogP contribution is 2.56. The molecule has 0 amide bonds. The lowest BCUT2D eigenvalue weighted by Gasteiger charge is -2.21. The molecule has 2 unspecified atom stereocenters. The molecule has 0 aliphatic heterocycles. The van der Waals surface area contributed by atoms with Gasteiger partial charge < -0.3 is 8.94 Å². The molecule has 0 fully saturated rings. The first-order valence-electron chi connectivity index (χ1n) is 27.6. The van der Waals surface area contributed by atoms with Gasteiger partial charge in [-0.3, -0.25) is 0 Å². The second kappa shape index (κ2) is 28.1. The van der Waals surface area contributed by atoms with Gasteiger partial charge in [0, 0.05) is 47.5 Å². The molecule has 0 bridgehead atoms. The van der Waals surface area contributed by atoms with Crippen LogP contribution >= 0.6 is 37.9 Å². The Hall–Kier alpha value is -7.05. The Morgan fingerprint density at radius 1 is 0.481 bits per heavy atom. The molecule has 2 atom stereocenters. The van der Waals surface area contributed by atoms with Crippen LogP contribution in [0.5, 0.6) is 0 Å². The lowest BCUT2D eigenvalue weighted by atomic mass is 10.2. The second-order valence-corrected chi connectivity index (χ2v) is 28.9. The molecule has 0 aliphatic rings. The quantitative estimate of drug-likeness (QED) is 0.172. The average Bonchev–Trinajstić information content (AvgIpc) is 4.35. The fourth-order valence-corrected chi connectivity index (χ4v) is 17.1. The highest BCUT2D eigenvalue weighted by molar-refractivity contribution is 7.63. The Bertz CT molecular complexity index is 3930. The van der Waals surface area contributed by atoms with E-state index in [-0.39, 0.29) is 15.1 Å². The van der Waals surface area contributed by atoms with Crippen LogP contribution in [0.2, 0.25) is 0 Å². The third-order valence-electron chi connectivity index (χ3n) is 14.8. The molecule has 6 aromatic carbocycles. The highest BCUT2D eigenvalue weighted by Gasteiger charge is 2.22. The molecule has 0 radical (unpaired) electrons. The first-order chi connectivity index (χ1) is 38.7. The molecule has 10 heteroatoms. The molecule has 7 aromatic heterocycles. The third kappa shape index (κ3) is 15.3. The van der Waals surface area contributed by atoms with E-state index in [4.69, 9.17) is 4.42 Å². The molecule has 0 saturated carbocycles. The van der Waals surface area contributed by atoms with E-state index in [0.717, 1.165) is 39.7 Å². The van der Waals surface area contributed by atoms with Crippen molar-refractivity contribution >= 4 is 80.0 Å². The Kier molecular flexibility index (Phi) is 21.4. The molecular formula is C71H80N4O2P2S2. The van der Waals surface area contributed by atoms with Crippen molar-refractivity contribution in [3.8, 4) is 11.0 Å². The van der Waals surface area contributed by atoms with Crippen LogP contribution in [-0.4, -0.2) is 19.3 Å². The Morgan fingerprint density at radius 2 is 1.02 bits per heavy atom. The largest absolute Gasteiger partial charge is 0.461 e. The number of furan rings is 1. The normalized spacial score (nSPS) is 11.2. The minimum Gasteiger partial charge on any atom is -0.461 e. The van der Waals surface area contributed by atoms with Crippen LogP contribution in [0.3, 0.4) is 0 Å². The number of benzene rings is 6. The molecule has 81 heavy (non-hydrogen) atoms. The summed E-state index contributed by atoms with van der Waals surface area (Å²) >= 11 is 3.39. The fourth-order valence-electron chi connectivity index (χ4n) is 9.37. The zero-order chi connectivity index (χ0) is 58.5. The van der Waals surface area contributed by atoms with E-state index in [1.165, 1.54) is 86.5 Å². The van der Waals surface area contributed by atoms with Crippen molar-refractivity contribution in [3.63, 3.8) is 0 Å². The molecule has 13 aromatic rings. The molecule has 0 aliphatic carbocycles. The third-order valence-corrected chi connectivity index (χ3v) is 22.8. The van der Waals surface area contributed by atoms with E-state index in [2.05, 4.69) is 217 Å². The summed E-state index contributed by atoms with van der Waals surface area (Å²) in [5.41, 5.74) is 14.6. The average molecular weight is 1150 g/mol. The van der Waals surface area contributed by atoms with Crippen molar-refractivity contribution in [1.29, 1.82) is 0 Å². The summed E-state index contributed by atoms with van der Waals surface area (Å²) in [6, 6.07) is 55.4. The predicted molar refractivity (Wildman–Crippen MR) is 356 cm³/mol. The lowest BCUT2D eigenvalue weighted by molar-refractivity contribution is 0.414. The predicted octanol–water partition coefficient (Wildman–Crippen LogP) is 22.7. The summed E-state index contributed by atoms with van der Waals surface area (Å²) in [7, 11) is -0.400. The summed E-state index contributed by atoms with van der Waals surface area (Å²) in [6.45, 7) is 36.7. The number of aryl methyl sites for hydroxylation is 12. The van der Waals surface area contributed by atoms with Crippen molar-refractivity contribution in [2.45, 2.75) is 123 Å². The number of para-hydroxylation sites is 2. The molecule has 6 nitrogen and oxygen atoms in total. The molecular weight excluding hydrogens is 1070 g/mol. The standard InChI is InChI=1S/C16H15P.C14H19P.C11H12N2.C10H10O.C10H10S.C5H7NO.C5H7NS/c1-12-13(2)17(14-8-4-3-5-9-14)16-11-7-6-10-15(12)16;1-10-11(2)15(14(3,4)5)13-9-7-6-8-12(10)13;1-9-8-13(12-10(9)2)11-6-4-3-5-7-11;2*1-7-8(2)11-10-6-4-3-5-9(7)10;2*1-4-3-7-6-5(4)2/h3-11H,1-2H3;6-9H,1-5H3;3-8H,1-2H3;2*3-6H,1-2H3;2*3H,1-2H3. The zero-order valence-electron chi connectivity index (χ0n) is 50.6. The van der Waals surface area contributed by atoms with Crippen LogP contribution in [0, 0.1) is 96.9 Å². The van der Waals surface area contributed by atoms with E-state index < -0.39 is 0 Å². The van der Waals surface area contributed by atoms with Gasteiger partial charge in [-0.1, -0.05) is 167 Å².